The fourth-order valence-corrected chi connectivity index (χ4v) is 2.63. The van der Waals surface area contributed by atoms with E-state index in [4.69, 9.17) is 0 Å². The zero-order chi connectivity index (χ0) is 12.3. The predicted octanol–water partition coefficient (Wildman–Crippen LogP) is 1.32. The molecule has 98 valence electrons. The maximum atomic E-state index is 11.6. The molecular formula is C13H24N2O2. The van der Waals surface area contributed by atoms with Crippen molar-refractivity contribution >= 4 is 5.97 Å². The van der Waals surface area contributed by atoms with Gasteiger partial charge in [-0.2, -0.15) is 0 Å². The van der Waals surface area contributed by atoms with Crippen molar-refractivity contribution in [2.45, 2.75) is 44.6 Å². The van der Waals surface area contributed by atoms with E-state index in [1.807, 2.05) is 0 Å². The van der Waals surface area contributed by atoms with Crippen LogP contribution in [-0.4, -0.2) is 47.7 Å². The Morgan fingerprint density at radius 3 is 2.76 bits per heavy atom. The Morgan fingerprint density at radius 1 is 1.41 bits per heavy atom. The van der Waals surface area contributed by atoms with Crippen LogP contribution < -0.4 is 5.32 Å². The molecule has 0 aromatic carbocycles. The largest absolute Gasteiger partial charge is 0.480 e. The van der Waals surface area contributed by atoms with Gasteiger partial charge in [-0.05, 0) is 57.7 Å². The molecule has 0 aromatic heterocycles. The number of likely N-dealkylation sites (tertiary alicyclic amines) is 1. The lowest BCUT2D eigenvalue weighted by atomic mass is 9.90. The molecule has 0 radical (unpaired) electrons. The summed E-state index contributed by atoms with van der Waals surface area (Å²) in [7, 11) is 0. The maximum absolute atomic E-state index is 11.6. The number of hydrogen-bond donors (Lipinski definition) is 2. The van der Waals surface area contributed by atoms with Crippen LogP contribution in [0.1, 0.15) is 39.0 Å². The molecule has 1 aliphatic carbocycles. The van der Waals surface area contributed by atoms with E-state index in [9.17, 15) is 9.90 Å². The maximum Gasteiger partial charge on any atom is 0.323 e. The van der Waals surface area contributed by atoms with Crippen LogP contribution in [0.4, 0.5) is 0 Å². The Hall–Kier alpha value is -0.610. The van der Waals surface area contributed by atoms with E-state index in [-0.39, 0.29) is 0 Å². The van der Waals surface area contributed by atoms with Gasteiger partial charge in [-0.3, -0.25) is 4.79 Å². The van der Waals surface area contributed by atoms with Crippen molar-refractivity contribution < 1.29 is 9.90 Å². The van der Waals surface area contributed by atoms with Crippen LogP contribution in [-0.2, 0) is 4.79 Å². The quantitative estimate of drug-likeness (QED) is 0.761. The van der Waals surface area contributed by atoms with E-state index in [1.165, 1.54) is 12.8 Å². The van der Waals surface area contributed by atoms with E-state index in [2.05, 4.69) is 17.1 Å². The summed E-state index contributed by atoms with van der Waals surface area (Å²) in [5.41, 5.74) is -0.660. The van der Waals surface area contributed by atoms with Crippen LogP contribution in [0.3, 0.4) is 0 Å². The second kappa shape index (κ2) is 5.36. The highest BCUT2D eigenvalue weighted by atomic mass is 16.4. The monoisotopic (exact) mass is 240 g/mol. The standard InChI is InChI=1S/C13H24N2O2/c1-2-15-8-3-6-13(7-9-15,12(16)17)14-10-11-4-5-11/h11,14H,2-10H2,1H3,(H,16,17). The molecule has 1 aliphatic heterocycles. The number of hydrogen-bond acceptors (Lipinski definition) is 3. The first-order valence-corrected chi connectivity index (χ1v) is 6.87. The summed E-state index contributed by atoms with van der Waals surface area (Å²) in [4.78, 5) is 13.9. The van der Waals surface area contributed by atoms with Gasteiger partial charge in [0.1, 0.15) is 5.54 Å². The van der Waals surface area contributed by atoms with Gasteiger partial charge in [0.15, 0.2) is 0 Å². The number of rotatable bonds is 5. The summed E-state index contributed by atoms with van der Waals surface area (Å²) in [6.07, 6.45) is 5.03. The van der Waals surface area contributed by atoms with E-state index >= 15 is 0 Å². The van der Waals surface area contributed by atoms with Crippen molar-refractivity contribution in [2.24, 2.45) is 5.92 Å². The van der Waals surface area contributed by atoms with Gasteiger partial charge in [0.2, 0.25) is 0 Å². The highest BCUT2D eigenvalue weighted by molar-refractivity contribution is 5.78. The third-order valence-electron chi connectivity index (χ3n) is 4.22. The first-order valence-electron chi connectivity index (χ1n) is 6.87. The first kappa shape index (κ1) is 12.8. The number of nitrogens with one attached hydrogen (secondary N) is 1. The Kier molecular flexibility index (Phi) is 4.05. The zero-order valence-corrected chi connectivity index (χ0v) is 10.7. The molecular weight excluding hydrogens is 216 g/mol. The van der Waals surface area contributed by atoms with E-state index in [0.29, 0.717) is 0 Å². The third-order valence-corrected chi connectivity index (χ3v) is 4.22. The molecule has 2 rings (SSSR count). The van der Waals surface area contributed by atoms with E-state index in [0.717, 1.165) is 51.4 Å². The average molecular weight is 240 g/mol. The average Bonchev–Trinajstić information content (AvgIpc) is 3.13. The summed E-state index contributed by atoms with van der Waals surface area (Å²) in [6.45, 7) is 6.00. The summed E-state index contributed by atoms with van der Waals surface area (Å²) in [6, 6.07) is 0. The number of carboxylic acids is 1. The Balaban J connectivity index is 1.96. The lowest BCUT2D eigenvalue weighted by Crippen LogP contribution is -2.53. The Bertz CT molecular complexity index is 279. The van der Waals surface area contributed by atoms with Crippen molar-refractivity contribution in [3.05, 3.63) is 0 Å². The minimum atomic E-state index is -0.660. The molecule has 1 heterocycles. The van der Waals surface area contributed by atoms with Crippen molar-refractivity contribution in [3.63, 3.8) is 0 Å². The molecule has 4 heteroatoms. The van der Waals surface area contributed by atoms with Gasteiger partial charge in [0.05, 0.1) is 0 Å². The lowest BCUT2D eigenvalue weighted by Gasteiger charge is -2.29. The molecule has 0 amide bonds. The highest BCUT2D eigenvalue weighted by Gasteiger charge is 2.40. The molecule has 2 N–H and O–H groups in total. The van der Waals surface area contributed by atoms with Gasteiger partial charge in [-0.25, -0.2) is 0 Å². The van der Waals surface area contributed by atoms with Crippen LogP contribution >= 0.6 is 0 Å². The van der Waals surface area contributed by atoms with Crippen LogP contribution in [0.5, 0.6) is 0 Å². The van der Waals surface area contributed by atoms with Gasteiger partial charge in [0.25, 0.3) is 0 Å². The van der Waals surface area contributed by atoms with Crippen LogP contribution in [0.25, 0.3) is 0 Å². The van der Waals surface area contributed by atoms with E-state index < -0.39 is 11.5 Å². The third kappa shape index (κ3) is 3.19. The second-order valence-corrected chi connectivity index (χ2v) is 5.50. The molecule has 1 atom stereocenters. The van der Waals surface area contributed by atoms with Gasteiger partial charge >= 0.3 is 5.97 Å². The van der Waals surface area contributed by atoms with Crippen LogP contribution in [0.2, 0.25) is 0 Å². The van der Waals surface area contributed by atoms with Gasteiger partial charge in [0, 0.05) is 6.54 Å². The van der Waals surface area contributed by atoms with Gasteiger partial charge in [-0.15, -0.1) is 0 Å². The van der Waals surface area contributed by atoms with Crippen molar-refractivity contribution in [1.82, 2.24) is 10.2 Å². The minimum Gasteiger partial charge on any atom is -0.480 e. The summed E-state index contributed by atoms with van der Waals surface area (Å²) < 4.78 is 0. The van der Waals surface area contributed by atoms with Gasteiger partial charge < -0.3 is 15.3 Å². The van der Waals surface area contributed by atoms with Crippen molar-refractivity contribution in [3.8, 4) is 0 Å². The fourth-order valence-electron chi connectivity index (χ4n) is 2.63. The highest BCUT2D eigenvalue weighted by Crippen LogP contribution is 2.30. The predicted molar refractivity (Wildman–Crippen MR) is 67.1 cm³/mol. The molecule has 2 aliphatic rings. The molecule has 1 saturated carbocycles. The number of carboxylic acid groups (broad SMARTS) is 1. The smallest absolute Gasteiger partial charge is 0.323 e. The molecule has 0 aromatic rings. The summed E-state index contributed by atoms with van der Waals surface area (Å²) >= 11 is 0. The van der Waals surface area contributed by atoms with Gasteiger partial charge in [-0.1, -0.05) is 6.92 Å². The molecule has 2 fully saturated rings. The minimum absolute atomic E-state index is 0.656. The first-order chi connectivity index (χ1) is 8.16. The van der Waals surface area contributed by atoms with Crippen LogP contribution in [0, 0.1) is 5.92 Å². The van der Waals surface area contributed by atoms with Crippen molar-refractivity contribution in [1.29, 1.82) is 0 Å². The van der Waals surface area contributed by atoms with Crippen LogP contribution in [0.15, 0.2) is 0 Å². The molecule has 1 saturated heterocycles. The molecule has 0 spiro atoms. The van der Waals surface area contributed by atoms with E-state index in [1.54, 1.807) is 0 Å². The summed E-state index contributed by atoms with van der Waals surface area (Å²) in [5, 5.41) is 12.9. The Morgan fingerprint density at radius 2 is 2.18 bits per heavy atom. The fraction of sp³-hybridized carbons (Fsp3) is 0.923. The number of carbonyl (C=O) groups is 1. The molecule has 1 unspecified atom stereocenters. The molecule has 17 heavy (non-hydrogen) atoms. The SMILES string of the molecule is CCN1CCCC(NCC2CC2)(C(=O)O)CC1. The molecule has 0 bridgehead atoms. The number of aliphatic carboxylic acids is 1. The Labute approximate surface area is 103 Å². The van der Waals surface area contributed by atoms with Crippen molar-refractivity contribution in [2.75, 3.05) is 26.2 Å². The molecule has 4 nitrogen and oxygen atoms in total. The summed E-state index contributed by atoms with van der Waals surface area (Å²) in [5.74, 6) is 0.0767. The second-order valence-electron chi connectivity index (χ2n) is 5.50. The lowest BCUT2D eigenvalue weighted by molar-refractivity contribution is -0.145. The zero-order valence-electron chi connectivity index (χ0n) is 10.7. The topological polar surface area (TPSA) is 52.6 Å². The number of nitrogens with zero attached hydrogens (tertiary/aromatic N) is 1. The normalized spacial score (nSPS) is 31.1.